The van der Waals surface area contributed by atoms with Crippen LogP contribution in [0, 0.1) is 11.3 Å². The number of anilines is 2. The van der Waals surface area contributed by atoms with Crippen molar-refractivity contribution in [3.05, 3.63) is 45.8 Å². The summed E-state index contributed by atoms with van der Waals surface area (Å²) in [5, 5.41) is 13.1. The van der Waals surface area contributed by atoms with Crippen molar-refractivity contribution in [3.8, 4) is 6.07 Å². The Kier molecular flexibility index (Phi) is 5.41. The van der Waals surface area contributed by atoms with Gasteiger partial charge in [-0.3, -0.25) is 24.2 Å². The van der Waals surface area contributed by atoms with Crippen molar-refractivity contribution in [2.75, 3.05) is 16.8 Å². The first-order valence-corrected chi connectivity index (χ1v) is 10.8. The Morgan fingerprint density at radius 1 is 1.13 bits per heavy atom. The molecular weight excluding hydrogens is 400 g/mol. The highest BCUT2D eigenvalue weighted by atomic mass is 32.1. The fraction of sp³-hybridized carbons (Fsp3) is 0.364. The van der Waals surface area contributed by atoms with Gasteiger partial charge in [-0.1, -0.05) is 0 Å². The van der Waals surface area contributed by atoms with Gasteiger partial charge < -0.3 is 5.32 Å². The zero-order valence-corrected chi connectivity index (χ0v) is 17.7. The topological polar surface area (TPSA) is 93.5 Å². The molecule has 2 aliphatic rings. The minimum Gasteiger partial charge on any atom is -0.312 e. The van der Waals surface area contributed by atoms with Crippen molar-refractivity contribution in [3.63, 3.8) is 0 Å². The van der Waals surface area contributed by atoms with Gasteiger partial charge in [-0.15, -0.1) is 11.3 Å². The summed E-state index contributed by atoms with van der Waals surface area (Å²) in [6, 6.07) is 9.05. The molecule has 0 unspecified atom stereocenters. The molecule has 1 saturated heterocycles. The van der Waals surface area contributed by atoms with Crippen LogP contribution in [0.4, 0.5) is 10.7 Å². The van der Waals surface area contributed by atoms with E-state index in [1.54, 1.807) is 24.3 Å². The van der Waals surface area contributed by atoms with Crippen LogP contribution in [0.2, 0.25) is 0 Å². The number of hydrogen-bond donors (Lipinski definition) is 1. The Morgan fingerprint density at radius 3 is 2.40 bits per heavy atom. The Morgan fingerprint density at radius 2 is 1.80 bits per heavy atom. The quantitative estimate of drug-likeness (QED) is 0.763. The van der Waals surface area contributed by atoms with Gasteiger partial charge in [0.1, 0.15) is 11.1 Å². The SMILES string of the molecule is CC(C)N1CCc2c(sc(NC(=O)c3ccc(N4C(=O)CCC4=O)cc3)c2C#N)C1. The molecule has 1 aromatic heterocycles. The number of thiophene rings is 1. The fourth-order valence-corrected chi connectivity index (χ4v) is 5.09. The van der Waals surface area contributed by atoms with E-state index in [1.165, 1.54) is 11.3 Å². The molecule has 3 heterocycles. The molecule has 0 bridgehead atoms. The zero-order chi connectivity index (χ0) is 21.4. The van der Waals surface area contributed by atoms with E-state index in [9.17, 15) is 19.6 Å². The van der Waals surface area contributed by atoms with Gasteiger partial charge in [0.05, 0.1) is 11.3 Å². The smallest absolute Gasteiger partial charge is 0.256 e. The van der Waals surface area contributed by atoms with Gasteiger partial charge in [0.2, 0.25) is 11.8 Å². The average molecular weight is 423 g/mol. The standard InChI is InChI=1S/C22H22N4O3S/c1-13(2)25-10-9-16-17(11-23)22(30-18(16)12-25)24-21(29)14-3-5-15(6-4-14)26-19(27)7-8-20(26)28/h3-6,13H,7-10,12H2,1-2H3,(H,24,29). The monoisotopic (exact) mass is 422 g/mol. The maximum absolute atomic E-state index is 12.8. The Labute approximate surface area is 178 Å². The molecule has 3 amide bonds. The number of fused-ring (bicyclic) bond motifs is 1. The highest BCUT2D eigenvalue weighted by Crippen LogP contribution is 2.37. The van der Waals surface area contributed by atoms with Gasteiger partial charge >= 0.3 is 0 Å². The number of nitriles is 1. The van der Waals surface area contributed by atoms with Crippen LogP contribution in [0.25, 0.3) is 0 Å². The molecule has 0 spiro atoms. The molecule has 4 rings (SSSR count). The first-order valence-electron chi connectivity index (χ1n) is 9.95. The van der Waals surface area contributed by atoms with Gasteiger partial charge in [0.15, 0.2) is 0 Å². The van der Waals surface area contributed by atoms with E-state index in [0.717, 1.165) is 34.9 Å². The zero-order valence-electron chi connectivity index (χ0n) is 16.9. The lowest BCUT2D eigenvalue weighted by Crippen LogP contribution is -2.35. The molecule has 1 aromatic carbocycles. The number of nitrogens with zero attached hydrogens (tertiary/aromatic N) is 3. The third kappa shape index (κ3) is 3.62. The van der Waals surface area contributed by atoms with Crippen molar-refractivity contribution in [1.82, 2.24) is 4.90 Å². The molecule has 0 saturated carbocycles. The summed E-state index contributed by atoms with van der Waals surface area (Å²) < 4.78 is 0. The lowest BCUT2D eigenvalue weighted by Gasteiger charge is -2.30. The van der Waals surface area contributed by atoms with Gasteiger partial charge in [0, 0.05) is 42.4 Å². The molecule has 8 heteroatoms. The summed E-state index contributed by atoms with van der Waals surface area (Å²) in [4.78, 5) is 41.1. The van der Waals surface area contributed by atoms with E-state index in [2.05, 4.69) is 30.1 Å². The van der Waals surface area contributed by atoms with E-state index in [-0.39, 0.29) is 30.6 Å². The van der Waals surface area contributed by atoms with Crippen LogP contribution in [0.3, 0.4) is 0 Å². The van der Waals surface area contributed by atoms with Crippen molar-refractivity contribution in [2.45, 2.75) is 45.7 Å². The molecular formula is C22H22N4O3S. The Bertz CT molecular complexity index is 1050. The number of imide groups is 1. The molecule has 7 nitrogen and oxygen atoms in total. The van der Waals surface area contributed by atoms with Crippen LogP contribution in [0.15, 0.2) is 24.3 Å². The van der Waals surface area contributed by atoms with Crippen LogP contribution in [0.1, 0.15) is 53.1 Å². The Balaban J connectivity index is 1.53. The minimum atomic E-state index is -0.323. The van der Waals surface area contributed by atoms with E-state index in [4.69, 9.17) is 0 Å². The summed E-state index contributed by atoms with van der Waals surface area (Å²) in [7, 11) is 0. The lowest BCUT2D eigenvalue weighted by atomic mass is 10.0. The summed E-state index contributed by atoms with van der Waals surface area (Å²) in [5.74, 6) is -0.776. The van der Waals surface area contributed by atoms with Crippen molar-refractivity contribution in [1.29, 1.82) is 5.26 Å². The maximum Gasteiger partial charge on any atom is 0.256 e. The van der Waals surface area contributed by atoms with E-state index < -0.39 is 0 Å². The molecule has 154 valence electrons. The number of nitrogens with one attached hydrogen (secondary N) is 1. The minimum absolute atomic E-state index is 0.218. The number of hydrogen-bond acceptors (Lipinski definition) is 6. The van der Waals surface area contributed by atoms with Gasteiger partial charge in [0.25, 0.3) is 5.91 Å². The molecule has 2 aliphatic heterocycles. The van der Waals surface area contributed by atoms with E-state index in [0.29, 0.717) is 27.9 Å². The molecule has 1 fully saturated rings. The summed E-state index contributed by atoms with van der Waals surface area (Å²) >= 11 is 1.46. The fourth-order valence-electron chi connectivity index (χ4n) is 3.87. The Hall–Kier alpha value is -3.02. The van der Waals surface area contributed by atoms with Crippen LogP contribution in [-0.4, -0.2) is 35.2 Å². The van der Waals surface area contributed by atoms with Gasteiger partial charge in [-0.05, 0) is 50.1 Å². The second-order valence-electron chi connectivity index (χ2n) is 7.76. The molecule has 0 atom stereocenters. The van der Waals surface area contributed by atoms with Gasteiger partial charge in [-0.25, -0.2) is 0 Å². The maximum atomic E-state index is 12.8. The van der Waals surface area contributed by atoms with Crippen LogP contribution >= 0.6 is 11.3 Å². The molecule has 0 aliphatic carbocycles. The van der Waals surface area contributed by atoms with Crippen molar-refractivity contribution >= 4 is 39.7 Å². The number of carbonyl (C=O) groups excluding carboxylic acids is 3. The highest BCUT2D eigenvalue weighted by molar-refractivity contribution is 7.16. The number of amides is 3. The predicted molar refractivity (Wildman–Crippen MR) is 114 cm³/mol. The second kappa shape index (κ2) is 8.01. The molecule has 2 aromatic rings. The van der Waals surface area contributed by atoms with Gasteiger partial charge in [-0.2, -0.15) is 5.26 Å². The average Bonchev–Trinajstić information content (AvgIpc) is 3.25. The molecule has 0 radical (unpaired) electrons. The van der Waals surface area contributed by atoms with Crippen molar-refractivity contribution in [2.24, 2.45) is 0 Å². The van der Waals surface area contributed by atoms with Crippen LogP contribution in [0.5, 0.6) is 0 Å². The summed E-state index contributed by atoms with van der Waals surface area (Å²) in [5.41, 5.74) is 2.46. The normalized spacial score (nSPS) is 16.7. The highest BCUT2D eigenvalue weighted by Gasteiger charge is 2.30. The third-order valence-electron chi connectivity index (χ3n) is 5.59. The number of rotatable bonds is 4. The van der Waals surface area contributed by atoms with E-state index >= 15 is 0 Å². The number of benzene rings is 1. The predicted octanol–water partition coefficient (Wildman–Crippen LogP) is 3.29. The molecule has 1 N–H and O–H groups in total. The van der Waals surface area contributed by atoms with Crippen molar-refractivity contribution < 1.29 is 14.4 Å². The second-order valence-corrected chi connectivity index (χ2v) is 8.86. The van der Waals surface area contributed by atoms with Crippen LogP contribution < -0.4 is 10.2 Å². The van der Waals surface area contributed by atoms with Crippen LogP contribution in [-0.2, 0) is 22.6 Å². The first kappa shape index (κ1) is 20.3. The third-order valence-corrected chi connectivity index (χ3v) is 6.73. The summed E-state index contributed by atoms with van der Waals surface area (Å²) in [6.45, 7) is 5.99. The summed E-state index contributed by atoms with van der Waals surface area (Å²) in [6.07, 6.45) is 1.24. The van der Waals surface area contributed by atoms with E-state index in [1.807, 2.05) is 0 Å². The first-order chi connectivity index (χ1) is 14.4. The number of carbonyl (C=O) groups is 3. The molecule has 30 heavy (non-hydrogen) atoms. The lowest BCUT2D eigenvalue weighted by molar-refractivity contribution is -0.121. The largest absolute Gasteiger partial charge is 0.312 e.